The van der Waals surface area contributed by atoms with E-state index < -0.39 is 0 Å². The molecule has 0 saturated carbocycles. The first-order valence-electron chi connectivity index (χ1n) is 7.73. The summed E-state index contributed by atoms with van der Waals surface area (Å²) in [6.45, 7) is 6.14. The summed E-state index contributed by atoms with van der Waals surface area (Å²) in [6.07, 6.45) is 1.85. The van der Waals surface area contributed by atoms with E-state index in [1.54, 1.807) is 11.3 Å². The molecular formula is C16H21N3O2S. The molecule has 1 fully saturated rings. The van der Waals surface area contributed by atoms with Gasteiger partial charge in [0, 0.05) is 32.5 Å². The van der Waals surface area contributed by atoms with Crippen molar-refractivity contribution < 1.29 is 9.53 Å². The minimum absolute atomic E-state index is 0.0246. The third kappa shape index (κ3) is 3.16. The molecule has 2 aromatic rings. The maximum absolute atomic E-state index is 11.8. The van der Waals surface area contributed by atoms with E-state index in [-0.39, 0.29) is 12.1 Å². The van der Waals surface area contributed by atoms with Crippen LogP contribution in [-0.2, 0) is 0 Å². The molecule has 1 saturated heterocycles. The van der Waals surface area contributed by atoms with Gasteiger partial charge >= 0.3 is 6.03 Å². The molecule has 0 spiro atoms. The summed E-state index contributed by atoms with van der Waals surface area (Å²) in [5.41, 5.74) is 2.21. The normalized spacial score (nSPS) is 16.0. The van der Waals surface area contributed by atoms with Gasteiger partial charge in [0.25, 0.3) is 5.19 Å². The Morgan fingerprint density at radius 2 is 2.23 bits per heavy atom. The number of rotatable bonds is 3. The number of nitrogens with one attached hydrogen (secondary N) is 1. The zero-order chi connectivity index (χ0) is 15.5. The van der Waals surface area contributed by atoms with Crippen molar-refractivity contribution in [2.75, 3.05) is 19.6 Å². The third-order valence-corrected chi connectivity index (χ3v) is 4.84. The van der Waals surface area contributed by atoms with Crippen LogP contribution in [0.2, 0.25) is 0 Å². The van der Waals surface area contributed by atoms with Crippen molar-refractivity contribution in [1.82, 2.24) is 15.2 Å². The smallest absolute Gasteiger partial charge is 0.317 e. The molecule has 0 aliphatic carbocycles. The maximum Gasteiger partial charge on any atom is 0.317 e. The van der Waals surface area contributed by atoms with Crippen molar-refractivity contribution in [3.05, 3.63) is 23.8 Å². The van der Waals surface area contributed by atoms with Crippen molar-refractivity contribution in [3.63, 3.8) is 0 Å². The van der Waals surface area contributed by atoms with Crippen LogP contribution in [0, 0.1) is 6.92 Å². The fourth-order valence-corrected chi connectivity index (χ4v) is 3.66. The van der Waals surface area contributed by atoms with E-state index in [4.69, 9.17) is 4.74 Å². The number of piperidine rings is 1. The highest BCUT2D eigenvalue weighted by molar-refractivity contribution is 7.20. The van der Waals surface area contributed by atoms with Crippen molar-refractivity contribution in [2.24, 2.45) is 0 Å². The number of aromatic nitrogens is 1. The first kappa shape index (κ1) is 15.1. The lowest BCUT2D eigenvalue weighted by Crippen LogP contribution is -2.46. The second-order valence-corrected chi connectivity index (χ2v) is 6.53. The number of fused-ring (bicyclic) bond motifs is 1. The minimum atomic E-state index is 0.0246. The zero-order valence-electron chi connectivity index (χ0n) is 13.0. The Morgan fingerprint density at radius 1 is 1.45 bits per heavy atom. The van der Waals surface area contributed by atoms with Gasteiger partial charge in [-0.15, -0.1) is 0 Å². The molecule has 2 amide bonds. The Bertz CT molecular complexity index is 662. The lowest BCUT2D eigenvalue weighted by Gasteiger charge is -2.31. The number of likely N-dealkylation sites (tertiary alicyclic amines) is 1. The Kier molecular flexibility index (Phi) is 4.47. The average Bonchev–Trinajstić information content (AvgIpc) is 2.92. The van der Waals surface area contributed by atoms with Crippen LogP contribution in [0.1, 0.15) is 25.3 Å². The Morgan fingerprint density at radius 3 is 2.91 bits per heavy atom. The van der Waals surface area contributed by atoms with E-state index >= 15 is 0 Å². The van der Waals surface area contributed by atoms with Crippen LogP contribution in [0.4, 0.5) is 4.79 Å². The monoisotopic (exact) mass is 319 g/mol. The predicted molar refractivity (Wildman–Crippen MR) is 88.7 cm³/mol. The van der Waals surface area contributed by atoms with Crippen LogP contribution in [0.15, 0.2) is 18.2 Å². The van der Waals surface area contributed by atoms with E-state index in [0.717, 1.165) is 41.3 Å². The number of hydrogen-bond acceptors (Lipinski definition) is 4. The van der Waals surface area contributed by atoms with Gasteiger partial charge in [-0.1, -0.05) is 23.5 Å². The quantitative estimate of drug-likeness (QED) is 0.945. The number of carbonyl (C=O) groups excluding carboxylic acids is 1. The van der Waals surface area contributed by atoms with Crippen LogP contribution in [0.5, 0.6) is 5.19 Å². The number of hydrogen-bond donors (Lipinski definition) is 1. The van der Waals surface area contributed by atoms with Crippen molar-refractivity contribution in [1.29, 1.82) is 0 Å². The first-order valence-corrected chi connectivity index (χ1v) is 8.54. The van der Waals surface area contributed by atoms with Gasteiger partial charge in [0.1, 0.15) is 6.10 Å². The molecule has 118 valence electrons. The molecule has 1 aromatic heterocycles. The minimum Gasteiger partial charge on any atom is -0.467 e. The number of urea groups is 1. The number of aryl methyl sites for hydroxylation is 1. The van der Waals surface area contributed by atoms with Crippen LogP contribution < -0.4 is 10.1 Å². The molecule has 3 rings (SSSR count). The summed E-state index contributed by atoms with van der Waals surface area (Å²) in [4.78, 5) is 18.2. The number of benzene rings is 1. The van der Waals surface area contributed by atoms with Gasteiger partial charge in [0.2, 0.25) is 0 Å². The van der Waals surface area contributed by atoms with E-state index in [2.05, 4.69) is 29.4 Å². The molecule has 1 N–H and O–H groups in total. The van der Waals surface area contributed by atoms with Crippen molar-refractivity contribution in [2.45, 2.75) is 32.8 Å². The Hall–Kier alpha value is -1.82. The number of amides is 2. The van der Waals surface area contributed by atoms with Crippen LogP contribution in [-0.4, -0.2) is 41.7 Å². The molecule has 1 aliphatic heterocycles. The fourth-order valence-electron chi connectivity index (χ4n) is 2.70. The number of nitrogens with zero attached hydrogens (tertiary/aromatic N) is 2. The first-order chi connectivity index (χ1) is 10.7. The van der Waals surface area contributed by atoms with Crippen LogP contribution in [0.25, 0.3) is 10.2 Å². The summed E-state index contributed by atoms with van der Waals surface area (Å²) in [7, 11) is 0. The Balaban J connectivity index is 1.60. The summed E-state index contributed by atoms with van der Waals surface area (Å²) >= 11 is 1.59. The van der Waals surface area contributed by atoms with Gasteiger partial charge in [-0.05, 0) is 25.5 Å². The lowest BCUT2D eigenvalue weighted by atomic mass is 10.1. The predicted octanol–water partition coefficient (Wildman–Crippen LogP) is 3.18. The standard InChI is InChI=1S/C16H21N3O2S/c1-3-17-15(20)19-9-7-12(8-10-19)21-16-18-14-11(2)5-4-6-13(14)22-16/h4-6,12H,3,7-10H2,1-2H3,(H,17,20). The average molecular weight is 319 g/mol. The molecule has 0 atom stereocenters. The molecule has 1 aliphatic rings. The molecule has 0 radical (unpaired) electrons. The molecule has 2 heterocycles. The molecule has 5 nitrogen and oxygen atoms in total. The fraction of sp³-hybridized carbons (Fsp3) is 0.500. The number of thiazole rings is 1. The van der Waals surface area contributed by atoms with E-state index in [9.17, 15) is 4.79 Å². The van der Waals surface area contributed by atoms with E-state index in [0.29, 0.717) is 6.54 Å². The summed E-state index contributed by atoms with van der Waals surface area (Å²) in [6, 6.07) is 6.21. The van der Waals surface area contributed by atoms with Gasteiger partial charge in [0.05, 0.1) is 10.2 Å². The summed E-state index contributed by atoms with van der Waals surface area (Å²) in [5, 5.41) is 3.58. The summed E-state index contributed by atoms with van der Waals surface area (Å²) < 4.78 is 7.19. The molecule has 1 aromatic carbocycles. The van der Waals surface area contributed by atoms with Gasteiger partial charge < -0.3 is 15.0 Å². The molecule has 6 heteroatoms. The molecule has 0 bridgehead atoms. The number of carbonyl (C=O) groups is 1. The van der Waals surface area contributed by atoms with Gasteiger partial charge in [-0.25, -0.2) is 9.78 Å². The topological polar surface area (TPSA) is 54.5 Å². The number of ether oxygens (including phenoxy) is 1. The molecular weight excluding hydrogens is 298 g/mol. The van der Waals surface area contributed by atoms with Crippen LogP contribution >= 0.6 is 11.3 Å². The zero-order valence-corrected chi connectivity index (χ0v) is 13.8. The third-order valence-electron chi connectivity index (χ3n) is 3.93. The second-order valence-electron chi connectivity index (χ2n) is 5.54. The van der Waals surface area contributed by atoms with E-state index in [1.165, 1.54) is 5.56 Å². The molecule has 22 heavy (non-hydrogen) atoms. The molecule has 0 unspecified atom stereocenters. The SMILES string of the molecule is CCNC(=O)N1CCC(Oc2nc3c(C)cccc3s2)CC1. The van der Waals surface area contributed by atoms with Crippen molar-refractivity contribution in [3.8, 4) is 5.19 Å². The highest BCUT2D eigenvalue weighted by Gasteiger charge is 2.24. The maximum atomic E-state index is 11.8. The number of para-hydroxylation sites is 1. The highest BCUT2D eigenvalue weighted by Crippen LogP contribution is 2.31. The lowest BCUT2D eigenvalue weighted by molar-refractivity contribution is 0.111. The van der Waals surface area contributed by atoms with Gasteiger partial charge in [-0.2, -0.15) is 0 Å². The van der Waals surface area contributed by atoms with Crippen molar-refractivity contribution >= 4 is 27.6 Å². The Labute approximate surface area is 134 Å². The van der Waals surface area contributed by atoms with Gasteiger partial charge in [0.15, 0.2) is 0 Å². The highest BCUT2D eigenvalue weighted by atomic mass is 32.1. The second kappa shape index (κ2) is 6.52. The van der Waals surface area contributed by atoms with Gasteiger partial charge in [-0.3, -0.25) is 0 Å². The van der Waals surface area contributed by atoms with E-state index in [1.807, 2.05) is 17.9 Å². The largest absolute Gasteiger partial charge is 0.467 e. The summed E-state index contributed by atoms with van der Waals surface area (Å²) in [5.74, 6) is 0. The van der Waals surface area contributed by atoms with Crippen LogP contribution in [0.3, 0.4) is 0 Å².